The number of anilines is 1. The standard InChI is InChI=1S/C23H24N2O4S/c1-17-12-14-19(15-13-17)30(27,28)25-21(16-18-8-4-3-5-9-18)23(26)24-20-10-6-7-11-22(20)29-2/h3-15,21,25H,16H2,1-2H3,(H,24,26)/t21-/m1/s1. The molecule has 2 N–H and O–H groups in total. The summed E-state index contributed by atoms with van der Waals surface area (Å²) in [6.45, 7) is 1.88. The highest BCUT2D eigenvalue weighted by Gasteiger charge is 2.26. The number of nitrogens with one attached hydrogen (secondary N) is 2. The van der Waals surface area contributed by atoms with Crippen molar-refractivity contribution in [2.45, 2.75) is 24.3 Å². The van der Waals surface area contributed by atoms with Crippen LogP contribution in [0.25, 0.3) is 0 Å². The van der Waals surface area contributed by atoms with E-state index in [4.69, 9.17) is 4.74 Å². The molecule has 0 spiro atoms. The number of benzene rings is 3. The monoisotopic (exact) mass is 424 g/mol. The van der Waals surface area contributed by atoms with Crippen molar-refractivity contribution in [3.63, 3.8) is 0 Å². The first kappa shape index (κ1) is 21.5. The van der Waals surface area contributed by atoms with Crippen LogP contribution < -0.4 is 14.8 Å². The third kappa shape index (κ3) is 5.46. The van der Waals surface area contributed by atoms with Gasteiger partial charge in [0.25, 0.3) is 0 Å². The third-order valence-corrected chi connectivity index (χ3v) is 6.08. The Balaban J connectivity index is 1.88. The first-order valence-corrected chi connectivity index (χ1v) is 10.9. The smallest absolute Gasteiger partial charge is 0.243 e. The predicted molar refractivity (Wildman–Crippen MR) is 117 cm³/mol. The highest BCUT2D eigenvalue weighted by Crippen LogP contribution is 2.23. The van der Waals surface area contributed by atoms with Crippen molar-refractivity contribution >= 4 is 21.6 Å². The van der Waals surface area contributed by atoms with Crippen LogP contribution in [-0.2, 0) is 21.2 Å². The van der Waals surface area contributed by atoms with E-state index in [0.717, 1.165) is 11.1 Å². The summed E-state index contributed by atoms with van der Waals surface area (Å²) in [4.78, 5) is 13.2. The number of amides is 1. The number of aryl methyl sites for hydroxylation is 1. The summed E-state index contributed by atoms with van der Waals surface area (Å²) >= 11 is 0. The molecule has 0 unspecified atom stereocenters. The molecule has 7 heteroatoms. The first-order chi connectivity index (χ1) is 14.4. The van der Waals surface area contributed by atoms with Gasteiger partial charge in [0.1, 0.15) is 11.8 Å². The number of sulfonamides is 1. The van der Waals surface area contributed by atoms with Crippen molar-refractivity contribution in [3.05, 3.63) is 90.0 Å². The fourth-order valence-electron chi connectivity index (χ4n) is 2.98. The molecule has 1 amide bonds. The lowest BCUT2D eigenvalue weighted by Gasteiger charge is -2.19. The van der Waals surface area contributed by atoms with Gasteiger partial charge in [0.05, 0.1) is 17.7 Å². The lowest BCUT2D eigenvalue weighted by molar-refractivity contribution is -0.117. The molecule has 0 aliphatic rings. The molecule has 6 nitrogen and oxygen atoms in total. The molecule has 156 valence electrons. The normalized spacial score (nSPS) is 12.2. The Morgan fingerprint density at radius 2 is 1.57 bits per heavy atom. The zero-order valence-corrected chi connectivity index (χ0v) is 17.6. The fourth-order valence-corrected chi connectivity index (χ4v) is 4.17. The van der Waals surface area contributed by atoms with Crippen LogP contribution in [0.4, 0.5) is 5.69 Å². The van der Waals surface area contributed by atoms with Crippen LogP contribution >= 0.6 is 0 Å². The fraction of sp³-hybridized carbons (Fsp3) is 0.174. The minimum atomic E-state index is -3.89. The second kappa shape index (κ2) is 9.56. The lowest BCUT2D eigenvalue weighted by Crippen LogP contribution is -2.45. The zero-order valence-electron chi connectivity index (χ0n) is 16.8. The van der Waals surface area contributed by atoms with Crippen molar-refractivity contribution < 1.29 is 17.9 Å². The molecule has 0 heterocycles. The number of hydrogen-bond acceptors (Lipinski definition) is 4. The van der Waals surface area contributed by atoms with Gasteiger partial charge in [-0.1, -0.05) is 60.2 Å². The predicted octanol–water partition coefficient (Wildman–Crippen LogP) is 3.53. The second-order valence-corrected chi connectivity index (χ2v) is 8.58. The quantitative estimate of drug-likeness (QED) is 0.579. The van der Waals surface area contributed by atoms with Gasteiger partial charge in [-0.15, -0.1) is 0 Å². The van der Waals surface area contributed by atoms with E-state index in [9.17, 15) is 13.2 Å². The summed E-state index contributed by atoms with van der Waals surface area (Å²) in [6, 6.07) is 21.7. The highest BCUT2D eigenvalue weighted by molar-refractivity contribution is 7.89. The van der Waals surface area contributed by atoms with Crippen molar-refractivity contribution in [2.24, 2.45) is 0 Å². The van der Waals surface area contributed by atoms with Crippen LogP contribution in [0.1, 0.15) is 11.1 Å². The summed E-state index contributed by atoms with van der Waals surface area (Å²) < 4.78 is 33.6. The van der Waals surface area contributed by atoms with E-state index >= 15 is 0 Å². The molecule has 0 bridgehead atoms. The van der Waals surface area contributed by atoms with E-state index in [2.05, 4.69) is 10.0 Å². The van der Waals surface area contributed by atoms with E-state index in [1.54, 1.807) is 36.4 Å². The molecular formula is C23H24N2O4S. The Morgan fingerprint density at radius 1 is 0.933 bits per heavy atom. The highest BCUT2D eigenvalue weighted by atomic mass is 32.2. The van der Waals surface area contributed by atoms with Crippen molar-refractivity contribution in [3.8, 4) is 5.75 Å². The number of rotatable bonds is 8. The number of methoxy groups -OCH3 is 1. The van der Waals surface area contributed by atoms with Crippen molar-refractivity contribution in [1.82, 2.24) is 4.72 Å². The van der Waals surface area contributed by atoms with Gasteiger partial charge < -0.3 is 10.1 Å². The van der Waals surface area contributed by atoms with Crippen LogP contribution in [0, 0.1) is 6.92 Å². The molecule has 0 saturated heterocycles. The van der Waals surface area contributed by atoms with Gasteiger partial charge in [0.15, 0.2) is 0 Å². The number of carbonyl (C=O) groups excluding carboxylic acids is 1. The molecule has 0 radical (unpaired) electrons. The van der Waals surface area contributed by atoms with Gasteiger partial charge in [0, 0.05) is 0 Å². The zero-order chi connectivity index (χ0) is 21.6. The second-order valence-electron chi connectivity index (χ2n) is 6.87. The topological polar surface area (TPSA) is 84.5 Å². The van der Waals surface area contributed by atoms with Crippen LogP contribution in [0.15, 0.2) is 83.8 Å². The van der Waals surface area contributed by atoms with E-state index in [1.807, 2.05) is 37.3 Å². The summed E-state index contributed by atoms with van der Waals surface area (Å²) in [7, 11) is -2.38. The van der Waals surface area contributed by atoms with Gasteiger partial charge in [0.2, 0.25) is 15.9 Å². The Kier molecular flexibility index (Phi) is 6.87. The summed E-state index contributed by atoms with van der Waals surface area (Å²) in [5.74, 6) is 0.0183. The van der Waals surface area contributed by atoms with Crippen molar-refractivity contribution in [1.29, 1.82) is 0 Å². The number of ether oxygens (including phenoxy) is 1. The van der Waals surface area contributed by atoms with Gasteiger partial charge >= 0.3 is 0 Å². The minimum absolute atomic E-state index is 0.108. The molecule has 0 saturated carbocycles. The maximum Gasteiger partial charge on any atom is 0.243 e. The molecule has 0 fully saturated rings. The Bertz CT molecular complexity index is 1100. The lowest BCUT2D eigenvalue weighted by atomic mass is 10.1. The largest absolute Gasteiger partial charge is 0.495 e. The first-order valence-electron chi connectivity index (χ1n) is 9.46. The van der Waals surface area contributed by atoms with E-state index in [-0.39, 0.29) is 11.3 Å². The number of carbonyl (C=O) groups is 1. The SMILES string of the molecule is COc1ccccc1NC(=O)[C@@H](Cc1ccccc1)NS(=O)(=O)c1ccc(C)cc1. The molecule has 30 heavy (non-hydrogen) atoms. The third-order valence-electron chi connectivity index (χ3n) is 4.59. The van der Waals surface area contributed by atoms with E-state index < -0.39 is 22.0 Å². The van der Waals surface area contributed by atoms with Crippen LogP contribution in [-0.4, -0.2) is 27.5 Å². The maximum absolute atomic E-state index is 13.1. The molecule has 0 aliphatic carbocycles. The Hall–Kier alpha value is -3.16. The van der Waals surface area contributed by atoms with Crippen molar-refractivity contribution in [2.75, 3.05) is 12.4 Å². The number of hydrogen-bond donors (Lipinski definition) is 2. The number of para-hydroxylation sites is 2. The summed E-state index contributed by atoms with van der Waals surface area (Å²) in [5.41, 5.74) is 2.26. The van der Waals surface area contributed by atoms with Gasteiger partial charge in [-0.3, -0.25) is 4.79 Å². The molecule has 0 aliphatic heterocycles. The van der Waals surface area contributed by atoms with Gasteiger partial charge in [-0.2, -0.15) is 4.72 Å². The maximum atomic E-state index is 13.1. The molecule has 3 aromatic rings. The summed E-state index contributed by atoms with van der Waals surface area (Å²) in [5, 5.41) is 2.77. The molecule has 0 aromatic heterocycles. The van der Waals surface area contributed by atoms with Gasteiger partial charge in [-0.25, -0.2) is 8.42 Å². The van der Waals surface area contributed by atoms with Crippen LogP contribution in [0.3, 0.4) is 0 Å². The summed E-state index contributed by atoms with van der Waals surface area (Å²) in [6.07, 6.45) is 0.201. The molecule has 3 aromatic carbocycles. The van der Waals surface area contributed by atoms with Gasteiger partial charge in [-0.05, 0) is 43.2 Å². The minimum Gasteiger partial charge on any atom is -0.495 e. The molecule has 3 rings (SSSR count). The van der Waals surface area contributed by atoms with E-state index in [0.29, 0.717) is 11.4 Å². The average molecular weight is 425 g/mol. The van der Waals surface area contributed by atoms with Crippen LogP contribution in [0.2, 0.25) is 0 Å². The Morgan fingerprint density at radius 3 is 2.23 bits per heavy atom. The molecular weight excluding hydrogens is 400 g/mol. The average Bonchev–Trinajstić information content (AvgIpc) is 2.74. The van der Waals surface area contributed by atoms with Crippen LogP contribution in [0.5, 0.6) is 5.75 Å². The Labute approximate surface area is 177 Å². The molecule has 1 atom stereocenters. The van der Waals surface area contributed by atoms with E-state index in [1.165, 1.54) is 19.2 Å².